The normalized spacial score (nSPS) is 14.6. The van der Waals surface area contributed by atoms with Gasteiger partial charge in [0.2, 0.25) is 5.91 Å². The number of carbonyl (C=O) groups is 1. The van der Waals surface area contributed by atoms with E-state index in [1.807, 2.05) is 19.1 Å². The van der Waals surface area contributed by atoms with Crippen molar-refractivity contribution in [1.29, 1.82) is 0 Å². The van der Waals surface area contributed by atoms with Gasteiger partial charge in [0.15, 0.2) is 0 Å². The molecule has 2 atom stereocenters. The number of nitrogens with one attached hydrogen (secondary N) is 1. The van der Waals surface area contributed by atoms with Gasteiger partial charge in [-0.3, -0.25) is 10.1 Å². The largest absolute Gasteiger partial charge is 0.368 e. The Kier molecular flexibility index (Phi) is 3.86. The highest BCUT2D eigenvalue weighted by Gasteiger charge is 2.14. The highest BCUT2D eigenvalue weighted by molar-refractivity contribution is 5.79. The van der Waals surface area contributed by atoms with E-state index < -0.39 is 0 Å². The molecule has 0 aliphatic carbocycles. The van der Waals surface area contributed by atoms with Crippen molar-refractivity contribution in [3.05, 3.63) is 35.4 Å². The number of rotatable bonds is 4. The fraction of sp³-hybridized carbons (Fsp3) is 0.417. The van der Waals surface area contributed by atoms with E-state index in [0.717, 1.165) is 0 Å². The minimum atomic E-state index is -0.324. The fourth-order valence-electron chi connectivity index (χ4n) is 1.62. The Morgan fingerprint density at radius 3 is 2.47 bits per heavy atom. The summed E-state index contributed by atoms with van der Waals surface area (Å²) in [4.78, 5) is 10.9. The minimum absolute atomic E-state index is 0.133. The van der Waals surface area contributed by atoms with Crippen molar-refractivity contribution in [3.63, 3.8) is 0 Å². The van der Waals surface area contributed by atoms with Gasteiger partial charge in [0.25, 0.3) is 0 Å². The molecule has 15 heavy (non-hydrogen) atoms. The Morgan fingerprint density at radius 1 is 1.33 bits per heavy atom. The lowest BCUT2D eigenvalue weighted by molar-refractivity contribution is -0.119. The van der Waals surface area contributed by atoms with Gasteiger partial charge >= 0.3 is 0 Å². The Balaban J connectivity index is 2.73. The molecule has 1 aromatic carbocycles. The topological polar surface area (TPSA) is 55.1 Å². The molecule has 0 radical (unpaired) electrons. The molecule has 1 unspecified atom stereocenters. The summed E-state index contributed by atoms with van der Waals surface area (Å²) in [7, 11) is 0. The Bertz CT molecular complexity index is 349. The maximum atomic E-state index is 10.9. The molecule has 0 aliphatic rings. The monoisotopic (exact) mass is 206 g/mol. The van der Waals surface area contributed by atoms with Crippen LogP contribution in [0, 0.1) is 6.92 Å². The van der Waals surface area contributed by atoms with Gasteiger partial charge in [-0.25, -0.2) is 0 Å². The van der Waals surface area contributed by atoms with E-state index in [2.05, 4.69) is 24.4 Å². The summed E-state index contributed by atoms with van der Waals surface area (Å²) >= 11 is 0. The molecule has 1 rings (SSSR count). The summed E-state index contributed by atoms with van der Waals surface area (Å²) in [6, 6.07) is 7.94. The summed E-state index contributed by atoms with van der Waals surface area (Å²) in [5.41, 5.74) is 7.62. The second-order valence-corrected chi connectivity index (χ2v) is 3.87. The average molecular weight is 206 g/mol. The zero-order valence-electron chi connectivity index (χ0n) is 9.45. The molecule has 0 aromatic heterocycles. The molecular weight excluding hydrogens is 188 g/mol. The van der Waals surface area contributed by atoms with E-state index >= 15 is 0 Å². The first-order chi connectivity index (χ1) is 7.02. The number of aryl methyl sites for hydroxylation is 1. The van der Waals surface area contributed by atoms with Crippen molar-refractivity contribution in [3.8, 4) is 0 Å². The van der Waals surface area contributed by atoms with E-state index in [1.165, 1.54) is 11.1 Å². The third kappa shape index (κ3) is 3.06. The Morgan fingerprint density at radius 2 is 1.93 bits per heavy atom. The van der Waals surface area contributed by atoms with Crippen LogP contribution in [0.25, 0.3) is 0 Å². The minimum Gasteiger partial charge on any atom is -0.368 e. The molecule has 0 saturated carbocycles. The third-order valence-corrected chi connectivity index (χ3v) is 2.58. The SMILES string of the molecule is Cc1ccccc1[C@@H](C)NC(C)C(N)=O. The maximum absolute atomic E-state index is 10.9. The second kappa shape index (κ2) is 4.94. The van der Waals surface area contributed by atoms with E-state index in [9.17, 15) is 4.79 Å². The van der Waals surface area contributed by atoms with Crippen LogP contribution in [0.4, 0.5) is 0 Å². The Hall–Kier alpha value is -1.35. The van der Waals surface area contributed by atoms with Crippen LogP contribution in [0.1, 0.15) is 31.0 Å². The number of nitrogens with two attached hydrogens (primary N) is 1. The molecular formula is C12H18N2O. The lowest BCUT2D eigenvalue weighted by Crippen LogP contribution is -2.40. The zero-order chi connectivity index (χ0) is 11.4. The summed E-state index contributed by atoms with van der Waals surface area (Å²) < 4.78 is 0. The highest BCUT2D eigenvalue weighted by Crippen LogP contribution is 2.16. The van der Waals surface area contributed by atoms with Crippen molar-refractivity contribution in [2.45, 2.75) is 32.9 Å². The molecule has 0 saturated heterocycles. The van der Waals surface area contributed by atoms with Gasteiger partial charge in [0.05, 0.1) is 6.04 Å². The molecule has 82 valence electrons. The van der Waals surface area contributed by atoms with Gasteiger partial charge in [-0.05, 0) is 31.9 Å². The molecule has 1 amide bonds. The lowest BCUT2D eigenvalue weighted by atomic mass is 10.0. The van der Waals surface area contributed by atoms with Crippen LogP contribution in [0.2, 0.25) is 0 Å². The summed E-state index contributed by atoms with van der Waals surface area (Å²) in [6.07, 6.45) is 0. The number of benzene rings is 1. The van der Waals surface area contributed by atoms with Gasteiger partial charge in [-0.15, -0.1) is 0 Å². The van der Waals surface area contributed by atoms with E-state index in [0.29, 0.717) is 0 Å². The molecule has 3 heteroatoms. The van der Waals surface area contributed by atoms with E-state index in [4.69, 9.17) is 5.73 Å². The van der Waals surface area contributed by atoms with Crippen LogP contribution in [0.5, 0.6) is 0 Å². The summed E-state index contributed by atoms with van der Waals surface area (Å²) in [5, 5.41) is 3.16. The summed E-state index contributed by atoms with van der Waals surface area (Å²) in [5.74, 6) is -0.324. The van der Waals surface area contributed by atoms with Crippen molar-refractivity contribution in [2.75, 3.05) is 0 Å². The van der Waals surface area contributed by atoms with Gasteiger partial charge in [0, 0.05) is 6.04 Å². The first-order valence-electron chi connectivity index (χ1n) is 5.13. The zero-order valence-corrected chi connectivity index (χ0v) is 9.45. The number of primary amides is 1. The molecule has 1 aromatic rings. The molecule has 0 spiro atoms. The smallest absolute Gasteiger partial charge is 0.234 e. The molecule has 0 aliphatic heterocycles. The molecule has 0 heterocycles. The van der Waals surface area contributed by atoms with Gasteiger partial charge < -0.3 is 5.73 Å². The molecule has 0 bridgehead atoms. The van der Waals surface area contributed by atoms with Crippen LogP contribution in [-0.2, 0) is 4.79 Å². The number of hydrogen-bond acceptors (Lipinski definition) is 2. The van der Waals surface area contributed by atoms with E-state index in [-0.39, 0.29) is 18.0 Å². The van der Waals surface area contributed by atoms with Crippen LogP contribution < -0.4 is 11.1 Å². The van der Waals surface area contributed by atoms with Gasteiger partial charge in [-0.2, -0.15) is 0 Å². The first-order valence-corrected chi connectivity index (χ1v) is 5.13. The molecule has 0 fully saturated rings. The summed E-state index contributed by atoms with van der Waals surface area (Å²) in [6.45, 7) is 5.86. The lowest BCUT2D eigenvalue weighted by Gasteiger charge is -2.19. The number of amides is 1. The van der Waals surface area contributed by atoms with E-state index in [1.54, 1.807) is 6.92 Å². The molecule has 3 nitrogen and oxygen atoms in total. The van der Waals surface area contributed by atoms with Crippen LogP contribution in [0.15, 0.2) is 24.3 Å². The average Bonchev–Trinajstić information content (AvgIpc) is 2.18. The fourth-order valence-corrected chi connectivity index (χ4v) is 1.62. The van der Waals surface area contributed by atoms with Gasteiger partial charge in [0.1, 0.15) is 0 Å². The van der Waals surface area contributed by atoms with Gasteiger partial charge in [-0.1, -0.05) is 24.3 Å². The van der Waals surface area contributed by atoms with Crippen LogP contribution >= 0.6 is 0 Å². The van der Waals surface area contributed by atoms with Crippen molar-refractivity contribution in [1.82, 2.24) is 5.32 Å². The number of carbonyl (C=O) groups excluding carboxylic acids is 1. The second-order valence-electron chi connectivity index (χ2n) is 3.87. The third-order valence-electron chi connectivity index (χ3n) is 2.58. The first kappa shape index (κ1) is 11.7. The predicted octanol–water partition coefficient (Wildman–Crippen LogP) is 1.52. The van der Waals surface area contributed by atoms with Crippen LogP contribution in [0.3, 0.4) is 0 Å². The standard InChI is InChI=1S/C12H18N2O/c1-8-6-4-5-7-11(8)9(2)14-10(3)12(13)15/h4-7,9-10,14H,1-3H3,(H2,13,15)/t9-,10?/m1/s1. The molecule has 3 N–H and O–H groups in total. The van der Waals surface area contributed by atoms with Crippen LogP contribution in [-0.4, -0.2) is 11.9 Å². The number of hydrogen-bond donors (Lipinski definition) is 2. The quantitative estimate of drug-likeness (QED) is 0.784. The maximum Gasteiger partial charge on any atom is 0.234 e. The Labute approximate surface area is 90.7 Å². The van der Waals surface area contributed by atoms with Crippen molar-refractivity contribution < 1.29 is 4.79 Å². The van der Waals surface area contributed by atoms with Crippen molar-refractivity contribution >= 4 is 5.91 Å². The predicted molar refractivity (Wildman–Crippen MR) is 61.4 cm³/mol. The van der Waals surface area contributed by atoms with Crippen molar-refractivity contribution in [2.24, 2.45) is 5.73 Å². The highest BCUT2D eigenvalue weighted by atomic mass is 16.1.